The Morgan fingerprint density at radius 2 is 2.06 bits per heavy atom. The molecule has 18 heavy (non-hydrogen) atoms. The molecule has 1 N–H and O–H groups in total. The molecule has 0 bridgehead atoms. The second kappa shape index (κ2) is 4.70. The van der Waals surface area contributed by atoms with Gasteiger partial charge in [-0.2, -0.15) is 0 Å². The van der Waals surface area contributed by atoms with Gasteiger partial charge in [-0.15, -0.1) is 0 Å². The molecule has 0 aliphatic rings. The van der Waals surface area contributed by atoms with Gasteiger partial charge in [0.05, 0.1) is 9.99 Å². The smallest absolute Gasteiger partial charge is 0.148 e. The molecule has 0 spiro atoms. The number of aromatic nitrogens is 3. The van der Waals surface area contributed by atoms with E-state index >= 15 is 0 Å². The molecule has 3 aromatic rings. The highest BCUT2D eigenvalue weighted by Gasteiger charge is 2.02. The molecule has 0 atom stereocenters. The van der Waals surface area contributed by atoms with Gasteiger partial charge in [-0.25, -0.2) is 9.97 Å². The first-order chi connectivity index (χ1) is 8.83. The predicted octanol–water partition coefficient (Wildman–Crippen LogP) is 3.53. The van der Waals surface area contributed by atoms with E-state index < -0.39 is 0 Å². The predicted molar refractivity (Wildman–Crippen MR) is 74.8 cm³/mol. The van der Waals surface area contributed by atoms with Gasteiger partial charge in [0.25, 0.3) is 0 Å². The molecule has 0 saturated carbocycles. The number of anilines is 2. The normalized spacial score (nSPS) is 10.5. The fraction of sp³-hybridized carbons (Fsp3) is 0. The molecule has 0 fully saturated rings. The molecule has 2 heterocycles. The Balaban J connectivity index is 1.98. The van der Waals surface area contributed by atoms with E-state index in [0.29, 0.717) is 0 Å². The van der Waals surface area contributed by atoms with Crippen molar-refractivity contribution in [1.82, 2.24) is 15.0 Å². The van der Waals surface area contributed by atoms with Crippen LogP contribution in [0.3, 0.4) is 0 Å². The van der Waals surface area contributed by atoms with Crippen LogP contribution in [0.4, 0.5) is 11.5 Å². The fourth-order valence-electron chi connectivity index (χ4n) is 1.69. The summed E-state index contributed by atoms with van der Waals surface area (Å²) in [5.74, 6) is 0.744. The standard InChI is InChI=1S/C13H9BrN4/c14-11-7-15-8-17-13(11)18-10-3-4-12-9(6-10)2-1-5-16-12/h1-8H,(H,15,17,18). The van der Waals surface area contributed by atoms with Gasteiger partial charge in [0.1, 0.15) is 12.1 Å². The van der Waals surface area contributed by atoms with Crippen LogP contribution in [0.2, 0.25) is 0 Å². The van der Waals surface area contributed by atoms with Crippen molar-refractivity contribution in [3.8, 4) is 0 Å². The van der Waals surface area contributed by atoms with E-state index in [-0.39, 0.29) is 0 Å². The highest BCUT2D eigenvalue weighted by atomic mass is 79.9. The van der Waals surface area contributed by atoms with Gasteiger partial charge in [-0.05, 0) is 40.2 Å². The molecule has 0 unspecified atom stereocenters. The Hall–Kier alpha value is -2.01. The zero-order valence-electron chi connectivity index (χ0n) is 9.34. The van der Waals surface area contributed by atoms with Gasteiger partial charge < -0.3 is 5.32 Å². The van der Waals surface area contributed by atoms with E-state index in [1.807, 2.05) is 30.3 Å². The number of halogens is 1. The third kappa shape index (κ3) is 2.17. The summed E-state index contributed by atoms with van der Waals surface area (Å²) in [6.45, 7) is 0. The van der Waals surface area contributed by atoms with Crippen molar-refractivity contribution >= 4 is 38.3 Å². The molecule has 1 aromatic carbocycles. The number of pyridine rings is 1. The molecule has 0 aliphatic carbocycles. The number of fused-ring (bicyclic) bond motifs is 1. The third-order valence-corrected chi connectivity index (χ3v) is 3.11. The highest BCUT2D eigenvalue weighted by Crippen LogP contribution is 2.24. The van der Waals surface area contributed by atoms with E-state index in [4.69, 9.17) is 0 Å². The van der Waals surface area contributed by atoms with Crippen molar-refractivity contribution in [2.45, 2.75) is 0 Å². The number of nitrogens with zero attached hydrogens (tertiary/aromatic N) is 3. The van der Waals surface area contributed by atoms with Crippen molar-refractivity contribution in [3.05, 3.63) is 53.5 Å². The zero-order valence-corrected chi connectivity index (χ0v) is 10.9. The lowest BCUT2D eigenvalue weighted by molar-refractivity contribution is 1.15. The molecule has 2 aromatic heterocycles. The van der Waals surface area contributed by atoms with E-state index in [1.165, 1.54) is 6.33 Å². The molecule has 0 saturated heterocycles. The SMILES string of the molecule is Brc1cncnc1Nc1ccc2ncccc2c1. The van der Waals surface area contributed by atoms with Crippen LogP contribution in [0.15, 0.2) is 53.5 Å². The van der Waals surface area contributed by atoms with E-state index in [1.54, 1.807) is 12.4 Å². The first-order valence-corrected chi connectivity index (χ1v) is 6.19. The maximum absolute atomic E-state index is 4.28. The maximum Gasteiger partial charge on any atom is 0.148 e. The average Bonchev–Trinajstić information content (AvgIpc) is 2.41. The van der Waals surface area contributed by atoms with Gasteiger partial charge in [0.15, 0.2) is 0 Å². The van der Waals surface area contributed by atoms with Crippen molar-refractivity contribution in [3.63, 3.8) is 0 Å². The summed E-state index contributed by atoms with van der Waals surface area (Å²) in [7, 11) is 0. The maximum atomic E-state index is 4.28. The Kier molecular flexibility index (Phi) is 2.90. The number of hydrogen-bond acceptors (Lipinski definition) is 4. The summed E-state index contributed by atoms with van der Waals surface area (Å²) < 4.78 is 0.830. The van der Waals surface area contributed by atoms with Crippen LogP contribution in [0, 0.1) is 0 Å². The summed E-state index contributed by atoms with van der Waals surface area (Å²) in [5.41, 5.74) is 1.94. The van der Waals surface area contributed by atoms with Gasteiger partial charge in [0.2, 0.25) is 0 Å². The minimum absolute atomic E-state index is 0.744. The zero-order chi connectivity index (χ0) is 12.4. The Labute approximate surface area is 112 Å². The second-order valence-electron chi connectivity index (χ2n) is 3.76. The molecule has 0 radical (unpaired) electrons. The summed E-state index contributed by atoms with van der Waals surface area (Å²) in [4.78, 5) is 12.4. The molecule has 4 nitrogen and oxygen atoms in total. The largest absolute Gasteiger partial charge is 0.339 e. The number of benzene rings is 1. The minimum Gasteiger partial charge on any atom is -0.339 e. The molecule has 0 aliphatic heterocycles. The number of rotatable bonds is 2. The Morgan fingerprint density at radius 1 is 1.11 bits per heavy atom. The van der Waals surface area contributed by atoms with Crippen LogP contribution >= 0.6 is 15.9 Å². The van der Waals surface area contributed by atoms with Crippen molar-refractivity contribution in [1.29, 1.82) is 0 Å². The quantitative estimate of drug-likeness (QED) is 0.786. The first kappa shape index (κ1) is 11.1. The van der Waals surface area contributed by atoms with E-state index in [9.17, 15) is 0 Å². The summed E-state index contributed by atoms with van der Waals surface area (Å²) in [6, 6.07) is 9.95. The second-order valence-corrected chi connectivity index (χ2v) is 4.61. The molecular formula is C13H9BrN4. The van der Waals surface area contributed by atoms with Crippen LogP contribution in [0.1, 0.15) is 0 Å². The summed E-state index contributed by atoms with van der Waals surface area (Å²) in [6.07, 6.45) is 5.00. The topological polar surface area (TPSA) is 50.7 Å². The Morgan fingerprint density at radius 3 is 2.94 bits per heavy atom. The Bertz CT molecular complexity index is 699. The average molecular weight is 301 g/mol. The first-order valence-electron chi connectivity index (χ1n) is 5.40. The molecule has 0 amide bonds. The van der Waals surface area contributed by atoms with Crippen LogP contribution < -0.4 is 5.32 Å². The number of nitrogens with one attached hydrogen (secondary N) is 1. The van der Waals surface area contributed by atoms with Crippen LogP contribution in [-0.4, -0.2) is 15.0 Å². The third-order valence-electron chi connectivity index (χ3n) is 2.53. The molecule has 5 heteroatoms. The summed E-state index contributed by atoms with van der Waals surface area (Å²) >= 11 is 3.40. The molecule has 3 rings (SSSR count). The van der Waals surface area contributed by atoms with E-state index in [0.717, 1.165) is 26.9 Å². The lowest BCUT2D eigenvalue weighted by atomic mass is 10.2. The van der Waals surface area contributed by atoms with Crippen LogP contribution in [-0.2, 0) is 0 Å². The minimum atomic E-state index is 0.744. The van der Waals surface area contributed by atoms with Crippen LogP contribution in [0.25, 0.3) is 10.9 Å². The van der Waals surface area contributed by atoms with Crippen molar-refractivity contribution in [2.24, 2.45) is 0 Å². The lowest BCUT2D eigenvalue weighted by Gasteiger charge is -2.07. The number of hydrogen-bond donors (Lipinski definition) is 1. The van der Waals surface area contributed by atoms with Gasteiger partial charge >= 0.3 is 0 Å². The highest BCUT2D eigenvalue weighted by molar-refractivity contribution is 9.10. The molecular weight excluding hydrogens is 292 g/mol. The fourth-order valence-corrected chi connectivity index (χ4v) is 2.01. The van der Waals surface area contributed by atoms with Crippen molar-refractivity contribution < 1.29 is 0 Å². The van der Waals surface area contributed by atoms with E-state index in [2.05, 4.69) is 36.2 Å². The lowest BCUT2D eigenvalue weighted by Crippen LogP contribution is -1.95. The van der Waals surface area contributed by atoms with Gasteiger partial charge in [-0.1, -0.05) is 6.07 Å². The monoisotopic (exact) mass is 300 g/mol. The van der Waals surface area contributed by atoms with Crippen molar-refractivity contribution in [2.75, 3.05) is 5.32 Å². The summed E-state index contributed by atoms with van der Waals surface area (Å²) in [5, 5.41) is 4.33. The van der Waals surface area contributed by atoms with Gasteiger partial charge in [-0.3, -0.25) is 4.98 Å². The van der Waals surface area contributed by atoms with Crippen LogP contribution in [0.5, 0.6) is 0 Å². The molecule has 88 valence electrons. The van der Waals surface area contributed by atoms with Gasteiger partial charge in [0, 0.05) is 23.5 Å².